The van der Waals surface area contributed by atoms with Gasteiger partial charge in [0.25, 0.3) is 0 Å². The Kier molecular flexibility index (Phi) is 4.38. The lowest BCUT2D eigenvalue weighted by molar-refractivity contribution is -0.115. The average molecular weight is 330 g/mol. The predicted molar refractivity (Wildman–Crippen MR) is 82.0 cm³/mol. The van der Waals surface area contributed by atoms with Crippen LogP contribution in [0, 0.1) is 11.3 Å². The summed E-state index contributed by atoms with van der Waals surface area (Å²) in [6.45, 7) is 0. The summed E-state index contributed by atoms with van der Waals surface area (Å²) in [5, 5.41) is 11.6. The largest absolute Gasteiger partial charge is 0.399 e. The first-order valence-electron chi connectivity index (χ1n) is 5.92. The third-order valence-electron chi connectivity index (χ3n) is 2.72. The quantitative estimate of drug-likeness (QED) is 0.849. The van der Waals surface area contributed by atoms with Crippen molar-refractivity contribution in [3.63, 3.8) is 0 Å². The zero-order valence-electron chi connectivity index (χ0n) is 10.6. The fraction of sp³-hybridized carbons (Fsp3) is 0.0667. The van der Waals surface area contributed by atoms with Crippen molar-refractivity contribution in [1.82, 2.24) is 0 Å². The molecule has 4 nitrogen and oxygen atoms in total. The molecule has 0 saturated heterocycles. The molecule has 100 valence electrons. The summed E-state index contributed by atoms with van der Waals surface area (Å²) < 4.78 is 0.683. The van der Waals surface area contributed by atoms with E-state index in [1.165, 1.54) is 0 Å². The Labute approximate surface area is 125 Å². The monoisotopic (exact) mass is 329 g/mol. The maximum Gasteiger partial charge on any atom is 0.228 e. The van der Waals surface area contributed by atoms with Crippen LogP contribution in [0.4, 0.5) is 11.4 Å². The molecule has 20 heavy (non-hydrogen) atoms. The number of hydrogen-bond acceptors (Lipinski definition) is 3. The molecule has 0 saturated carbocycles. The first-order chi connectivity index (χ1) is 9.58. The number of anilines is 2. The van der Waals surface area contributed by atoms with Gasteiger partial charge in [-0.3, -0.25) is 4.79 Å². The van der Waals surface area contributed by atoms with Gasteiger partial charge in [0.2, 0.25) is 5.91 Å². The van der Waals surface area contributed by atoms with Crippen molar-refractivity contribution in [2.24, 2.45) is 0 Å². The number of benzene rings is 2. The van der Waals surface area contributed by atoms with E-state index in [4.69, 9.17) is 11.0 Å². The van der Waals surface area contributed by atoms with Crippen molar-refractivity contribution in [2.75, 3.05) is 11.1 Å². The van der Waals surface area contributed by atoms with Crippen molar-refractivity contribution < 1.29 is 4.79 Å². The molecule has 0 bridgehead atoms. The van der Waals surface area contributed by atoms with Crippen LogP contribution in [0.25, 0.3) is 0 Å². The van der Waals surface area contributed by atoms with Gasteiger partial charge in [-0.05, 0) is 51.8 Å². The highest BCUT2D eigenvalue weighted by Gasteiger charge is 2.07. The number of nitrogens with two attached hydrogens (primary N) is 1. The molecule has 0 aliphatic carbocycles. The smallest absolute Gasteiger partial charge is 0.228 e. The SMILES string of the molecule is N#Cc1ccc(NC(=O)Cc2ccc(N)cc2)c(Br)c1. The highest BCUT2D eigenvalue weighted by molar-refractivity contribution is 9.10. The minimum atomic E-state index is -0.125. The van der Waals surface area contributed by atoms with Gasteiger partial charge in [-0.1, -0.05) is 12.1 Å². The van der Waals surface area contributed by atoms with Crippen LogP contribution in [-0.4, -0.2) is 5.91 Å². The van der Waals surface area contributed by atoms with Gasteiger partial charge in [-0.2, -0.15) is 5.26 Å². The standard InChI is InChI=1S/C15H12BrN3O/c16-13-7-11(9-17)3-6-14(13)19-15(20)8-10-1-4-12(18)5-2-10/h1-7H,8,18H2,(H,19,20). The second-order valence-corrected chi connectivity index (χ2v) is 5.13. The Balaban J connectivity index is 2.05. The lowest BCUT2D eigenvalue weighted by Crippen LogP contribution is -2.14. The Morgan fingerprint density at radius 2 is 1.95 bits per heavy atom. The van der Waals surface area contributed by atoms with E-state index in [0.29, 0.717) is 21.4 Å². The van der Waals surface area contributed by atoms with Gasteiger partial charge in [-0.15, -0.1) is 0 Å². The normalized spacial score (nSPS) is 9.80. The molecule has 0 unspecified atom stereocenters. The molecule has 0 radical (unpaired) electrons. The number of nitrogen functional groups attached to an aromatic ring is 1. The van der Waals surface area contributed by atoms with E-state index in [1.54, 1.807) is 30.3 Å². The van der Waals surface area contributed by atoms with E-state index in [1.807, 2.05) is 18.2 Å². The van der Waals surface area contributed by atoms with Gasteiger partial charge < -0.3 is 11.1 Å². The van der Waals surface area contributed by atoms with Crippen molar-refractivity contribution in [1.29, 1.82) is 5.26 Å². The molecular weight excluding hydrogens is 318 g/mol. The number of carbonyl (C=O) groups is 1. The molecule has 1 amide bonds. The van der Waals surface area contributed by atoms with Crippen molar-refractivity contribution in [3.05, 3.63) is 58.1 Å². The molecule has 0 aliphatic rings. The molecule has 2 aromatic rings. The second-order valence-electron chi connectivity index (χ2n) is 4.27. The number of nitrogens with zero attached hydrogens (tertiary/aromatic N) is 1. The van der Waals surface area contributed by atoms with E-state index in [-0.39, 0.29) is 12.3 Å². The molecule has 2 aromatic carbocycles. The first-order valence-corrected chi connectivity index (χ1v) is 6.71. The fourth-order valence-electron chi connectivity index (χ4n) is 1.70. The minimum Gasteiger partial charge on any atom is -0.399 e. The molecule has 2 rings (SSSR count). The molecule has 0 heterocycles. The molecule has 0 spiro atoms. The van der Waals surface area contributed by atoms with E-state index in [9.17, 15) is 4.79 Å². The van der Waals surface area contributed by atoms with E-state index in [2.05, 4.69) is 21.2 Å². The van der Waals surface area contributed by atoms with Gasteiger partial charge in [-0.25, -0.2) is 0 Å². The highest BCUT2D eigenvalue weighted by atomic mass is 79.9. The Bertz CT molecular complexity index is 675. The summed E-state index contributed by atoms with van der Waals surface area (Å²) in [4.78, 5) is 11.9. The van der Waals surface area contributed by atoms with Gasteiger partial charge in [0.1, 0.15) is 0 Å². The van der Waals surface area contributed by atoms with Crippen LogP contribution in [0.1, 0.15) is 11.1 Å². The van der Waals surface area contributed by atoms with Gasteiger partial charge in [0, 0.05) is 10.2 Å². The number of hydrogen-bond donors (Lipinski definition) is 2. The summed E-state index contributed by atoms with van der Waals surface area (Å²) in [5.74, 6) is -0.125. The zero-order chi connectivity index (χ0) is 14.5. The Morgan fingerprint density at radius 1 is 1.25 bits per heavy atom. The van der Waals surface area contributed by atoms with Crippen LogP contribution >= 0.6 is 15.9 Å². The fourth-order valence-corrected chi connectivity index (χ4v) is 2.18. The Morgan fingerprint density at radius 3 is 2.55 bits per heavy atom. The third kappa shape index (κ3) is 3.59. The van der Waals surface area contributed by atoms with Crippen LogP contribution in [0.3, 0.4) is 0 Å². The number of halogens is 1. The minimum absolute atomic E-state index is 0.125. The van der Waals surface area contributed by atoms with Gasteiger partial charge in [0.15, 0.2) is 0 Å². The lowest BCUT2D eigenvalue weighted by Gasteiger charge is -2.08. The first kappa shape index (κ1) is 14.1. The van der Waals surface area contributed by atoms with Crippen LogP contribution in [-0.2, 0) is 11.2 Å². The maximum atomic E-state index is 11.9. The highest BCUT2D eigenvalue weighted by Crippen LogP contribution is 2.23. The summed E-state index contributed by atoms with van der Waals surface area (Å²) in [7, 11) is 0. The van der Waals surface area contributed by atoms with Gasteiger partial charge in [0.05, 0.1) is 23.7 Å². The summed E-state index contributed by atoms with van der Waals surface area (Å²) >= 11 is 3.33. The van der Waals surface area contributed by atoms with Crippen molar-refractivity contribution in [2.45, 2.75) is 6.42 Å². The van der Waals surface area contributed by atoms with Crippen LogP contribution in [0.15, 0.2) is 46.9 Å². The van der Waals surface area contributed by atoms with Crippen molar-refractivity contribution >= 4 is 33.2 Å². The van der Waals surface area contributed by atoms with E-state index < -0.39 is 0 Å². The molecule has 0 aliphatic heterocycles. The number of carbonyl (C=O) groups excluding carboxylic acids is 1. The Hall–Kier alpha value is -2.32. The summed E-state index contributed by atoms with van der Waals surface area (Å²) in [6, 6.07) is 14.2. The maximum absolute atomic E-state index is 11.9. The predicted octanol–water partition coefficient (Wildman–Crippen LogP) is 3.08. The molecule has 0 atom stereocenters. The van der Waals surface area contributed by atoms with Crippen LogP contribution < -0.4 is 11.1 Å². The molecular formula is C15H12BrN3O. The lowest BCUT2D eigenvalue weighted by atomic mass is 10.1. The number of nitrogens with one attached hydrogen (secondary N) is 1. The van der Waals surface area contributed by atoms with Crippen LogP contribution in [0.5, 0.6) is 0 Å². The number of nitriles is 1. The third-order valence-corrected chi connectivity index (χ3v) is 3.37. The topological polar surface area (TPSA) is 78.9 Å². The van der Waals surface area contributed by atoms with Gasteiger partial charge >= 0.3 is 0 Å². The summed E-state index contributed by atoms with van der Waals surface area (Å²) in [6.07, 6.45) is 0.271. The van der Waals surface area contributed by atoms with Crippen LogP contribution in [0.2, 0.25) is 0 Å². The second kappa shape index (κ2) is 6.22. The molecule has 0 aromatic heterocycles. The number of amides is 1. The van der Waals surface area contributed by atoms with E-state index in [0.717, 1.165) is 5.56 Å². The molecule has 3 N–H and O–H groups in total. The van der Waals surface area contributed by atoms with Crippen molar-refractivity contribution in [3.8, 4) is 6.07 Å². The zero-order valence-corrected chi connectivity index (χ0v) is 12.1. The number of rotatable bonds is 3. The molecule has 5 heteroatoms. The van der Waals surface area contributed by atoms with E-state index >= 15 is 0 Å². The molecule has 0 fully saturated rings. The summed E-state index contributed by atoms with van der Waals surface area (Å²) in [5.41, 5.74) is 8.33. The average Bonchev–Trinajstić information content (AvgIpc) is 2.43.